The summed E-state index contributed by atoms with van der Waals surface area (Å²) >= 11 is 3.29. The smallest absolute Gasteiger partial charge is 0.165 e. The first-order chi connectivity index (χ1) is 9.58. The maximum atomic E-state index is 14.0. The third-order valence-corrected chi connectivity index (χ3v) is 3.36. The Hall–Kier alpha value is -1.46. The first-order valence-electron chi connectivity index (χ1n) is 6.41. The highest BCUT2D eigenvalue weighted by atomic mass is 79.9. The van der Waals surface area contributed by atoms with Gasteiger partial charge in [-0.15, -0.1) is 0 Å². The van der Waals surface area contributed by atoms with Gasteiger partial charge in [-0.25, -0.2) is 4.39 Å². The molecular weight excluding hydrogens is 323 g/mol. The molecule has 106 valence electrons. The molecular formula is C15H16BrFN2O. The van der Waals surface area contributed by atoms with Crippen LogP contribution >= 0.6 is 15.9 Å². The van der Waals surface area contributed by atoms with Gasteiger partial charge in [-0.05, 0) is 52.5 Å². The van der Waals surface area contributed by atoms with Crippen molar-refractivity contribution in [1.29, 1.82) is 0 Å². The van der Waals surface area contributed by atoms with E-state index in [9.17, 15) is 4.39 Å². The molecule has 0 aliphatic rings. The molecule has 1 aromatic carbocycles. The van der Waals surface area contributed by atoms with Crippen LogP contribution in [0, 0.1) is 5.82 Å². The standard InChI is InChI=1S/C15H16BrFN2O/c1-2-12(18)5-10-3-4-15(14(17)6-10)20-13-7-11(16)8-19-9-13/h3-4,6-9,12H,2,5,18H2,1H3. The zero-order chi connectivity index (χ0) is 14.5. The first kappa shape index (κ1) is 14.9. The fraction of sp³-hybridized carbons (Fsp3) is 0.267. The molecule has 0 aliphatic heterocycles. The number of hydrogen-bond acceptors (Lipinski definition) is 3. The van der Waals surface area contributed by atoms with Crippen molar-refractivity contribution in [2.75, 3.05) is 0 Å². The molecule has 0 saturated carbocycles. The predicted molar refractivity (Wildman–Crippen MR) is 80.4 cm³/mol. The van der Waals surface area contributed by atoms with Gasteiger partial charge in [-0.3, -0.25) is 4.98 Å². The second-order valence-corrected chi connectivity index (χ2v) is 5.49. The van der Waals surface area contributed by atoms with E-state index in [2.05, 4.69) is 20.9 Å². The lowest BCUT2D eigenvalue weighted by Crippen LogP contribution is -2.21. The van der Waals surface area contributed by atoms with E-state index >= 15 is 0 Å². The Bertz CT molecular complexity index is 592. The van der Waals surface area contributed by atoms with Crippen LogP contribution < -0.4 is 10.5 Å². The van der Waals surface area contributed by atoms with Gasteiger partial charge in [0.05, 0.1) is 6.20 Å². The number of ether oxygens (including phenoxy) is 1. The third kappa shape index (κ3) is 4.02. The van der Waals surface area contributed by atoms with E-state index in [-0.39, 0.29) is 11.8 Å². The van der Waals surface area contributed by atoms with Crippen LogP contribution in [-0.4, -0.2) is 11.0 Å². The summed E-state index contributed by atoms with van der Waals surface area (Å²) in [6.07, 6.45) is 4.69. The summed E-state index contributed by atoms with van der Waals surface area (Å²) in [6.45, 7) is 2.01. The molecule has 0 fully saturated rings. The number of aromatic nitrogens is 1. The number of pyridine rings is 1. The van der Waals surface area contributed by atoms with Gasteiger partial charge in [-0.2, -0.15) is 0 Å². The Morgan fingerprint density at radius 3 is 2.80 bits per heavy atom. The SMILES string of the molecule is CCC(N)Cc1ccc(Oc2cncc(Br)c2)c(F)c1. The highest BCUT2D eigenvalue weighted by Gasteiger charge is 2.08. The minimum absolute atomic E-state index is 0.0513. The molecule has 1 atom stereocenters. The molecule has 2 aromatic rings. The van der Waals surface area contributed by atoms with Gasteiger partial charge < -0.3 is 10.5 Å². The number of rotatable bonds is 5. The normalized spacial score (nSPS) is 12.2. The Balaban J connectivity index is 2.13. The lowest BCUT2D eigenvalue weighted by atomic mass is 10.0. The molecule has 0 spiro atoms. The Morgan fingerprint density at radius 2 is 2.15 bits per heavy atom. The van der Waals surface area contributed by atoms with E-state index in [4.69, 9.17) is 10.5 Å². The molecule has 5 heteroatoms. The van der Waals surface area contributed by atoms with Crippen LogP contribution in [0.2, 0.25) is 0 Å². The average molecular weight is 339 g/mol. The number of halogens is 2. The summed E-state index contributed by atoms with van der Waals surface area (Å²) in [6, 6.07) is 6.70. The molecule has 0 aliphatic carbocycles. The van der Waals surface area contributed by atoms with Crippen molar-refractivity contribution in [1.82, 2.24) is 4.98 Å². The van der Waals surface area contributed by atoms with Crippen LogP contribution in [0.25, 0.3) is 0 Å². The van der Waals surface area contributed by atoms with Gasteiger partial charge >= 0.3 is 0 Å². The summed E-state index contributed by atoms with van der Waals surface area (Å²) in [5.74, 6) is 0.265. The second kappa shape index (κ2) is 6.81. The minimum atomic E-state index is -0.397. The lowest BCUT2D eigenvalue weighted by Gasteiger charge is -2.11. The van der Waals surface area contributed by atoms with Crippen molar-refractivity contribution in [3.8, 4) is 11.5 Å². The van der Waals surface area contributed by atoms with Crippen LogP contribution in [0.1, 0.15) is 18.9 Å². The van der Waals surface area contributed by atoms with Gasteiger partial charge in [-0.1, -0.05) is 13.0 Å². The van der Waals surface area contributed by atoms with Crippen LogP contribution in [-0.2, 0) is 6.42 Å². The van der Waals surface area contributed by atoms with E-state index in [0.29, 0.717) is 12.2 Å². The van der Waals surface area contributed by atoms with E-state index in [1.165, 1.54) is 12.3 Å². The van der Waals surface area contributed by atoms with Crippen LogP contribution in [0.4, 0.5) is 4.39 Å². The topological polar surface area (TPSA) is 48.1 Å². The van der Waals surface area contributed by atoms with Crippen molar-refractivity contribution in [2.45, 2.75) is 25.8 Å². The molecule has 1 unspecified atom stereocenters. The quantitative estimate of drug-likeness (QED) is 0.894. The van der Waals surface area contributed by atoms with E-state index < -0.39 is 5.82 Å². The molecule has 0 radical (unpaired) electrons. The average Bonchev–Trinajstić information content (AvgIpc) is 2.42. The summed E-state index contributed by atoms with van der Waals surface area (Å²) < 4.78 is 20.2. The van der Waals surface area contributed by atoms with Crippen molar-refractivity contribution >= 4 is 15.9 Å². The molecule has 1 aromatic heterocycles. The van der Waals surface area contributed by atoms with E-state index in [1.54, 1.807) is 18.3 Å². The molecule has 3 nitrogen and oxygen atoms in total. The molecule has 20 heavy (non-hydrogen) atoms. The summed E-state index contributed by atoms with van der Waals surface area (Å²) in [5, 5.41) is 0. The largest absolute Gasteiger partial charge is 0.453 e. The van der Waals surface area contributed by atoms with Crippen LogP contribution in [0.15, 0.2) is 41.1 Å². The molecule has 2 rings (SSSR count). The number of hydrogen-bond donors (Lipinski definition) is 1. The Morgan fingerprint density at radius 1 is 1.35 bits per heavy atom. The monoisotopic (exact) mass is 338 g/mol. The number of benzene rings is 1. The molecule has 0 amide bonds. The maximum absolute atomic E-state index is 14.0. The van der Waals surface area contributed by atoms with Gasteiger partial charge in [0.25, 0.3) is 0 Å². The summed E-state index contributed by atoms with van der Waals surface area (Å²) in [7, 11) is 0. The van der Waals surface area contributed by atoms with Crippen molar-refractivity contribution in [2.24, 2.45) is 5.73 Å². The zero-order valence-electron chi connectivity index (χ0n) is 11.1. The minimum Gasteiger partial charge on any atom is -0.453 e. The van der Waals surface area contributed by atoms with E-state index in [1.807, 2.05) is 13.0 Å². The highest BCUT2D eigenvalue weighted by molar-refractivity contribution is 9.10. The third-order valence-electron chi connectivity index (χ3n) is 2.93. The zero-order valence-corrected chi connectivity index (χ0v) is 12.7. The molecule has 0 saturated heterocycles. The first-order valence-corrected chi connectivity index (χ1v) is 7.20. The summed E-state index contributed by atoms with van der Waals surface area (Å²) in [4.78, 5) is 3.97. The van der Waals surface area contributed by atoms with Crippen molar-refractivity contribution < 1.29 is 9.13 Å². The Labute approximate surface area is 126 Å². The van der Waals surface area contributed by atoms with Crippen LogP contribution in [0.5, 0.6) is 11.5 Å². The number of nitrogens with zero attached hydrogens (tertiary/aromatic N) is 1. The molecule has 1 heterocycles. The number of nitrogens with two attached hydrogens (primary N) is 1. The second-order valence-electron chi connectivity index (χ2n) is 4.58. The van der Waals surface area contributed by atoms with Gasteiger partial charge in [0, 0.05) is 16.7 Å². The lowest BCUT2D eigenvalue weighted by molar-refractivity contribution is 0.439. The molecule has 0 bridgehead atoms. The van der Waals surface area contributed by atoms with Crippen molar-refractivity contribution in [3.63, 3.8) is 0 Å². The molecule has 2 N–H and O–H groups in total. The Kier molecular flexibility index (Phi) is 5.09. The van der Waals surface area contributed by atoms with Crippen molar-refractivity contribution in [3.05, 3.63) is 52.5 Å². The van der Waals surface area contributed by atoms with Gasteiger partial charge in [0.2, 0.25) is 0 Å². The summed E-state index contributed by atoms with van der Waals surface area (Å²) in [5.41, 5.74) is 6.74. The highest BCUT2D eigenvalue weighted by Crippen LogP contribution is 2.26. The maximum Gasteiger partial charge on any atom is 0.165 e. The predicted octanol–water partition coefficient (Wildman–Crippen LogP) is 4.06. The fourth-order valence-corrected chi connectivity index (χ4v) is 2.12. The van der Waals surface area contributed by atoms with Crippen LogP contribution in [0.3, 0.4) is 0 Å². The van der Waals surface area contributed by atoms with Gasteiger partial charge in [0.1, 0.15) is 5.75 Å². The fourth-order valence-electron chi connectivity index (χ4n) is 1.78. The van der Waals surface area contributed by atoms with Gasteiger partial charge in [0.15, 0.2) is 11.6 Å². The van der Waals surface area contributed by atoms with E-state index in [0.717, 1.165) is 16.5 Å².